The highest BCUT2D eigenvalue weighted by Crippen LogP contribution is 2.33. The molecule has 38 heavy (non-hydrogen) atoms. The minimum absolute atomic E-state index is 0.124. The molecule has 16 heteroatoms. The molecule has 3 N–H and O–H groups in total. The van der Waals surface area contributed by atoms with Gasteiger partial charge in [0.1, 0.15) is 5.56 Å². The van der Waals surface area contributed by atoms with E-state index in [-0.39, 0.29) is 22.6 Å². The van der Waals surface area contributed by atoms with Gasteiger partial charge in [-0.05, 0) is 57.5 Å². The third-order valence-electron chi connectivity index (χ3n) is 4.73. The summed E-state index contributed by atoms with van der Waals surface area (Å²) in [6, 6.07) is 2.08. The van der Waals surface area contributed by atoms with Crippen molar-refractivity contribution in [2.45, 2.75) is 44.8 Å². The third-order valence-corrected chi connectivity index (χ3v) is 6.04. The number of aromatic nitrogens is 5. The van der Waals surface area contributed by atoms with Crippen molar-refractivity contribution in [1.29, 1.82) is 0 Å². The van der Waals surface area contributed by atoms with E-state index in [2.05, 4.69) is 30.7 Å². The lowest BCUT2D eigenvalue weighted by Crippen LogP contribution is -2.14. The molecule has 0 radical (unpaired) electrons. The van der Waals surface area contributed by atoms with Crippen LogP contribution < -0.4 is 10.6 Å². The zero-order chi connectivity index (χ0) is 29.0. The van der Waals surface area contributed by atoms with Gasteiger partial charge in [-0.3, -0.25) is 4.79 Å². The summed E-state index contributed by atoms with van der Waals surface area (Å²) in [5.74, 6) is -0.435. The molecule has 0 unspecified atom stereocenters. The number of carbonyl (C=O) groups excluding carboxylic acids is 1. The van der Waals surface area contributed by atoms with Gasteiger partial charge in [0.15, 0.2) is 9.84 Å². The van der Waals surface area contributed by atoms with E-state index in [1.54, 1.807) is 0 Å². The summed E-state index contributed by atoms with van der Waals surface area (Å²) in [6.07, 6.45) is -4.05. The molecule has 0 saturated carbocycles. The number of nitrogens with zero attached hydrogens (tertiary/aromatic N) is 5. The number of sulfone groups is 1. The van der Waals surface area contributed by atoms with E-state index in [1.807, 2.05) is 20.8 Å². The molecular formula is C22H27ClF3N7O4S. The molecule has 0 fully saturated rings. The molecule has 11 nitrogen and oxygen atoms in total. The SMILES string of the molecule is CCNc1nc(Cl)nc(NC(C)C)n1.Cc1nn(C)c(O)c1C(=O)c1ccc(C(F)(F)F)cc1S(C)(=O)=O. The van der Waals surface area contributed by atoms with Crippen LogP contribution in [0.15, 0.2) is 23.1 Å². The van der Waals surface area contributed by atoms with Gasteiger partial charge in [-0.25, -0.2) is 13.1 Å². The largest absolute Gasteiger partial charge is 0.493 e. The first-order chi connectivity index (χ1) is 17.4. The van der Waals surface area contributed by atoms with Crippen molar-refractivity contribution in [2.24, 2.45) is 7.05 Å². The Hall–Kier alpha value is -3.46. The number of benzene rings is 1. The lowest BCUT2D eigenvalue weighted by molar-refractivity contribution is -0.137. The number of rotatable bonds is 7. The first-order valence-electron chi connectivity index (χ1n) is 11.1. The minimum Gasteiger partial charge on any atom is -0.493 e. The van der Waals surface area contributed by atoms with Crippen molar-refractivity contribution in [3.63, 3.8) is 0 Å². The van der Waals surface area contributed by atoms with Gasteiger partial charge in [0, 0.05) is 31.5 Å². The van der Waals surface area contributed by atoms with Gasteiger partial charge in [-0.15, -0.1) is 0 Å². The number of nitrogens with one attached hydrogen (secondary N) is 2. The maximum Gasteiger partial charge on any atom is 0.416 e. The second-order valence-electron chi connectivity index (χ2n) is 8.30. The van der Waals surface area contributed by atoms with Gasteiger partial charge in [-0.1, -0.05) is 0 Å². The van der Waals surface area contributed by atoms with Gasteiger partial charge < -0.3 is 15.7 Å². The topological polar surface area (TPSA) is 152 Å². The Morgan fingerprint density at radius 2 is 1.79 bits per heavy atom. The van der Waals surface area contributed by atoms with E-state index >= 15 is 0 Å². The number of carbonyl (C=O) groups is 1. The van der Waals surface area contributed by atoms with E-state index in [0.29, 0.717) is 30.3 Å². The quantitative estimate of drug-likeness (QED) is 0.353. The standard InChI is InChI=1S/C14H13F3N2O4S.C8H14ClN5/c1-7-11(13(21)19(2)18-7)12(20)9-5-4-8(14(15,16)17)6-10(9)24(3,22)23;1-4-10-7-12-6(9)13-8(14-7)11-5(2)3/h4-6,21H,1-3H3;5H,4H2,1-3H3,(H2,10,11,12,13,14). The fourth-order valence-corrected chi connectivity index (χ4v) is 4.21. The van der Waals surface area contributed by atoms with Crippen LogP contribution in [-0.4, -0.2) is 62.9 Å². The number of anilines is 2. The number of aryl methyl sites for hydroxylation is 2. The number of hydrogen-bond donors (Lipinski definition) is 3. The number of aromatic hydroxyl groups is 1. The molecule has 3 aromatic rings. The van der Waals surface area contributed by atoms with Crippen molar-refractivity contribution in [3.8, 4) is 5.88 Å². The van der Waals surface area contributed by atoms with E-state index in [4.69, 9.17) is 11.6 Å². The highest BCUT2D eigenvalue weighted by molar-refractivity contribution is 7.90. The van der Waals surface area contributed by atoms with Gasteiger partial charge in [-0.2, -0.15) is 33.2 Å². The second-order valence-corrected chi connectivity index (χ2v) is 10.6. The number of halogens is 4. The first-order valence-corrected chi connectivity index (χ1v) is 13.3. The third kappa shape index (κ3) is 7.77. The average Bonchev–Trinajstić information content (AvgIpc) is 3.02. The van der Waals surface area contributed by atoms with Crippen molar-refractivity contribution < 1.29 is 31.5 Å². The molecule has 0 aliphatic rings. The summed E-state index contributed by atoms with van der Waals surface area (Å²) in [7, 11) is -2.75. The maximum absolute atomic E-state index is 12.8. The smallest absolute Gasteiger partial charge is 0.416 e. The molecule has 0 saturated heterocycles. The molecule has 0 bridgehead atoms. The monoisotopic (exact) mass is 577 g/mol. The molecule has 208 valence electrons. The van der Waals surface area contributed by atoms with Crippen LogP contribution in [0.3, 0.4) is 0 Å². The van der Waals surface area contributed by atoms with Crippen LogP contribution in [0.4, 0.5) is 25.1 Å². The molecule has 0 spiro atoms. The molecule has 0 aliphatic heterocycles. The second kappa shape index (κ2) is 11.9. The van der Waals surface area contributed by atoms with Crippen LogP contribution in [-0.2, 0) is 23.1 Å². The molecule has 0 amide bonds. The molecular weight excluding hydrogens is 551 g/mol. The van der Waals surface area contributed by atoms with Crippen LogP contribution in [0.2, 0.25) is 5.28 Å². The summed E-state index contributed by atoms with van der Waals surface area (Å²) in [6.45, 7) is 8.14. The summed E-state index contributed by atoms with van der Waals surface area (Å²) in [5.41, 5.74) is -1.79. The summed E-state index contributed by atoms with van der Waals surface area (Å²) in [4.78, 5) is 23.8. The lowest BCUT2D eigenvalue weighted by Gasteiger charge is -2.12. The number of hydrogen-bond acceptors (Lipinski definition) is 10. The van der Waals surface area contributed by atoms with Gasteiger partial charge in [0.25, 0.3) is 0 Å². The Kier molecular flexibility index (Phi) is 9.66. The van der Waals surface area contributed by atoms with E-state index in [1.165, 1.54) is 14.0 Å². The molecule has 0 atom stereocenters. The Bertz CT molecular complexity index is 1430. The normalized spacial score (nSPS) is 11.7. The minimum atomic E-state index is -4.76. The summed E-state index contributed by atoms with van der Waals surface area (Å²) in [5, 5.41) is 19.9. The molecule has 0 aliphatic carbocycles. The predicted octanol–water partition coefficient (Wildman–Crippen LogP) is 3.86. The fourth-order valence-electron chi connectivity index (χ4n) is 3.15. The molecule has 2 aromatic heterocycles. The summed E-state index contributed by atoms with van der Waals surface area (Å²) >= 11 is 5.73. The Labute approximate surface area is 222 Å². The van der Waals surface area contributed by atoms with E-state index in [9.17, 15) is 31.5 Å². The predicted molar refractivity (Wildman–Crippen MR) is 135 cm³/mol. The first kappa shape index (κ1) is 30.8. The Balaban J connectivity index is 0.000000308. The van der Waals surface area contributed by atoms with Crippen molar-refractivity contribution >= 4 is 39.1 Å². The van der Waals surface area contributed by atoms with Crippen LogP contribution in [0.25, 0.3) is 0 Å². The van der Waals surface area contributed by atoms with Crippen LogP contribution in [0.5, 0.6) is 5.88 Å². The fraction of sp³-hybridized carbons (Fsp3) is 0.409. The maximum atomic E-state index is 12.8. The molecule has 1 aromatic carbocycles. The van der Waals surface area contributed by atoms with Crippen LogP contribution in [0, 0.1) is 6.92 Å². The average molecular weight is 578 g/mol. The number of ketones is 1. The highest BCUT2D eigenvalue weighted by Gasteiger charge is 2.34. The lowest BCUT2D eigenvalue weighted by atomic mass is 10.0. The summed E-state index contributed by atoms with van der Waals surface area (Å²) < 4.78 is 63.1. The van der Waals surface area contributed by atoms with Crippen molar-refractivity contribution in [2.75, 3.05) is 23.4 Å². The van der Waals surface area contributed by atoms with Crippen LogP contribution in [0.1, 0.15) is 48.0 Å². The van der Waals surface area contributed by atoms with Crippen molar-refractivity contribution in [1.82, 2.24) is 24.7 Å². The van der Waals surface area contributed by atoms with Crippen molar-refractivity contribution in [3.05, 3.63) is 45.9 Å². The molecule has 2 heterocycles. The number of alkyl halides is 3. The van der Waals surface area contributed by atoms with E-state index < -0.39 is 43.7 Å². The molecule has 3 rings (SSSR count). The van der Waals surface area contributed by atoms with Crippen LogP contribution >= 0.6 is 11.6 Å². The van der Waals surface area contributed by atoms with Gasteiger partial charge in [0.05, 0.1) is 16.2 Å². The van der Waals surface area contributed by atoms with E-state index in [0.717, 1.165) is 17.3 Å². The Morgan fingerprint density at radius 3 is 2.26 bits per heavy atom. The van der Waals surface area contributed by atoms with Gasteiger partial charge in [0.2, 0.25) is 28.8 Å². The van der Waals surface area contributed by atoms with Gasteiger partial charge >= 0.3 is 6.18 Å². The zero-order valence-electron chi connectivity index (χ0n) is 21.3. The zero-order valence-corrected chi connectivity index (χ0v) is 22.9. The highest BCUT2D eigenvalue weighted by atomic mass is 35.5. The Morgan fingerprint density at radius 1 is 1.18 bits per heavy atom.